The summed E-state index contributed by atoms with van der Waals surface area (Å²) in [6.07, 6.45) is 1.28. The zero-order valence-electron chi connectivity index (χ0n) is 20.9. The Hall–Kier alpha value is -3.67. The lowest BCUT2D eigenvalue weighted by atomic mass is 10.1. The van der Waals surface area contributed by atoms with Crippen LogP contribution in [0.2, 0.25) is 0 Å². The van der Waals surface area contributed by atoms with Gasteiger partial charge in [0.25, 0.3) is 5.91 Å². The van der Waals surface area contributed by atoms with Gasteiger partial charge in [-0.2, -0.15) is 0 Å². The van der Waals surface area contributed by atoms with Crippen molar-refractivity contribution >= 4 is 34.2 Å². The number of amides is 3. The molecule has 0 aliphatic carbocycles. The molecule has 0 aromatic heterocycles. The number of anilines is 1. The second-order valence-corrected chi connectivity index (χ2v) is 9.32. The van der Waals surface area contributed by atoms with Crippen molar-refractivity contribution in [3.05, 3.63) is 77.4 Å². The molecule has 182 valence electrons. The molecule has 35 heavy (non-hydrogen) atoms. The lowest BCUT2D eigenvalue weighted by Crippen LogP contribution is -2.53. The zero-order chi connectivity index (χ0) is 25.1. The maximum atomic E-state index is 13.8. The van der Waals surface area contributed by atoms with Crippen LogP contribution in [0.5, 0.6) is 0 Å². The van der Waals surface area contributed by atoms with E-state index in [2.05, 4.69) is 5.32 Å². The predicted molar refractivity (Wildman–Crippen MR) is 139 cm³/mol. The van der Waals surface area contributed by atoms with Crippen molar-refractivity contribution < 1.29 is 14.4 Å². The van der Waals surface area contributed by atoms with Crippen LogP contribution in [0.4, 0.5) is 5.69 Å². The molecule has 3 amide bonds. The molecule has 4 rings (SSSR count). The minimum Gasteiger partial charge on any atom is -0.352 e. The Morgan fingerprint density at radius 3 is 2.31 bits per heavy atom. The third kappa shape index (κ3) is 4.92. The highest BCUT2D eigenvalue weighted by Crippen LogP contribution is 2.37. The number of nitrogens with one attached hydrogen (secondary N) is 1. The van der Waals surface area contributed by atoms with E-state index in [-0.39, 0.29) is 30.3 Å². The number of hydrogen-bond donors (Lipinski definition) is 1. The van der Waals surface area contributed by atoms with Crippen LogP contribution in [0, 0.1) is 6.92 Å². The van der Waals surface area contributed by atoms with Crippen molar-refractivity contribution in [3.8, 4) is 0 Å². The Morgan fingerprint density at radius 1 is 0.971 bits per heavy atom. The molecule has 1 heterocycles. The van der Waals surface area contributed by atoms with Gasteiger partial charge in [-0.3, -0.25) is 19.3 Å². The smallest absolute Gasteiger partial charge is 0.259 e. The first-order valence-electron chi connectivity index (χ1n) is 12.3. The van der Waals surface area contributed by atoms with Crippen LogP contribution in [0.25, 0.3) is 10.8 Å². The standard InChI is InChI=1S/C29H33N3O3/c1-5-20(4)30-28(34)24(6-2)31(17-21-15-13-19(3)14-16-21)26(33)18-32-25-12-8-10-22-9-7-11-23(27(22)25)29(32)35/h7-16,20,24H,5-6,17-18H2,1-4H3,(H,30,34)/t20-,24-/m0/s1. The molecular weight excluding hydrogens is 438 g/mol. The molecule has 0 fully saturated rings. The lowest BCUT2D eigenvalue weighted by Gasteiger charge is -2.33. The van der Waals surface area contributed by atoms with Crippen LogP contribution in [0.3, 0.4) is 0 Å². The molecule has 1 aliphatic rings. The van der Waals surface area contributed by atoms with Gasteiger partial charge in [0, 0.05) is 23.5 Å². The van der Waals surface area contributed by atoms with Gasteiger partial charge in [-0.05, 0) is 49.8 Å². The number of hydrogen-bond acceptors (Lipinski definition) is 3. The van der Waals surface area contributed by atoms with Crippen molar-refractivity contribution in [2.75, 3.05) is 11.4 Å². The number of carbonyl (C=O) groups excluding carboxylic acids is 3. The molecule has 6 heteroatoms. The molecule has 6 nitrogen and oxygen atoms in total. The molecule has 3 aromatic rings. The molecule has 0 bridgehead atoms. The molecule has 0 saturated heterocycles. The summed E-state index contributed by atoms with van der Waals surface area (Å²) in [7, 11) is 0. The van der Waals surface area contributed by atoms with E-state index in [4.69, 9.17) is 0 Å². The zero-order valence-corrected chi connectivity index (χ0v) is 20.9. The predicted octanol–water partition coefficient (Wildman–Crippen LogP) is 4.83. The SMILES string of the molecule is CC[C@H](C)NC(=O)[C@H](CC)N(Cc1ccc(C)cc1)C(=O)CN1C(=O)c2cccc3cccc1c23. The minimum absolute atomic E-state index is 0.0140. The first kappa shape index (κ1) is 24.5. The largest absolute Gasteiger partial charge is 0.352 e. The third-order valence-corrected chi connectivity index (χ3v) is 6.80. The summed E-state index contributed by atoms with van der Waals surface area (Å²) in [6, 6.07) is 18.7. The fourth-order valence-electron chi connectivity index (χ4n) is 4.61. The van der Waals surface area contributed by atoms with Crippen LogP contribution in [-0.2, 0) is 16.1 Å². The van der Waals surface area contributed by atoms with Crippen molar-refractivity contribution in [3.63, 3.8) is 0 Å². The number of rotatable bonds is 9. The second-order valence-electron chi connectivity index (χ2n) is 9.32. The summed E-state index contributed by atoms with van der Waals surface area (Å²) in [5, 5.41) is 4.88. The number of carbonyl (C=O) groups is 3. The van der Waals surface area contributed by atoms with Gasteiger partial charge in [-0.25, -0.2) is 0 Å². The van der Waals surface area contributed by atoms with Crippen LogP contribution < -0.4 is 10.2 Å². The Kier molecular flexibility index (Phi) is 7.20. The van der Waals surface area contributed by atoms with Crippen LogP contribution in [0.15, 0.2) is 60.7 Å². The third-order valence-electron chi connectivity index (χ3n) is 6.80. The first-order chi connectivity index (χ1) is 16.8. The molecule has 2 atom stereocenters. The molecule has 3 aromatic carbocycles. The normalized spacial score (nSPS) is 14.2. The van der Waals surface area contributed by atoms with Crippen LogP contribution >= 0.6 is 0 Å². The van der Waals surface area contributed by atoms with Gasteiger partial charge in [-0.15, -0.1) is 0 Å². The monoisotopic (exact) mass is 471 g/mol. The molecule has 0 radical (unpaired) electrons. The van der Waals surface area contributed by atoms with Gasteiger partial charge in [-0.1, -0.05) is 67.9 Å². The lowest BCUT2D eigenvalue weighted by molar-refractivity contribution is -0.140. The Bertz CT molecular complexity index is 1250. The minimum atomic E-state index is -0.631. The quantitative estimate of drug-likeness (QED) is 0.486. The number of aryl methyl sites for hydroxylation is 1. The summed E-state index contributed by atoms with van der Waals surface area (Å²) in [4.78, 5) is 43.4. The maximum absolute atomic E-state index is 13.8. The van der Waals surface area contributed by atoms with E-state index >= 15 is 0 Å². The van der Waals surface area contributed by atoms with Crippen LogP contribution in [0.1, 0.15) is 55.1 Å². The second kappa shape index (κ2) is 10.3. The van der Waals surface area contributed by atoms with Crippen molar-refractivity contribution in [1.82, 2.24) is 10.2 Å². The molecular formula is C29H33N3O3. The van der Waals surface area contributed by atoms with Gasteiger partial charge in [0.15, 0.2) is 0 Å². The Balaban J connectivity index is 1.64. The summed E-state index contributed by atoms with van der Waals surface area (Å²) in [5.41, 5.74) is 3.42. The van der Waals surface area contributed by atoms with E-state index in [0.29, 0.717) is 18.5 Å². The fraction of sp³-hybridized carbons (Fsp3) is 0.345. The summed E-state index contributed by atoms with van der Waals surface area (Å²) in [5.74, 6) is -0.604. The van der Waals surface area contributed by atoms with Gasteiger partial charge in [0.1, 0.15) is 12.6 Å². The van der Waals surface area contributed by atoms with Crippen molar-refractivity contribution in [2.24, 2.45) is 0 Å². The van der Waals surface area contributed by atoms with E-state index in [0.717, 1.165) is 34.0 Å². The average Bonchev–Trinajstić information content (AvgIpc) is 3.13. The van der Waals surface area contributed by atoms with Gasteiger partial charge in [0.05, 0.1) is 5.69 Å². The van der Waals surface area contributed by atoms with Crippen molar-refractivity contribution in [1.29, 1.82) is 0 Å². The maximum Gasteiger partial charge on any atom is 0.259 e. The van der Waals surface area contributed by atoms with Gasteiger partial charge in [0.2, 0.25) is 11.8 Å². The summed E-state index contributed by atoms with van der Waals surface area (Å²) < 4.78 is 0. The van der Waals surface area contributed by atoms with Gasteiger partial charge >= 0.3 is 0 Å². The van der Waals surface area contributed by atoms with E-state index in [1.165, 1.54) is 0 Å². The number of nitrogens with zero attached hydrogens (tertiary/aromatic N) is 2. The molecule has 0 unspecified atom stereocenters. The van der Waals surface area contributed by atoms with E-state index in [1.54, 1.807) is 15.9 Å². The molecule has 1 N–H and O–H groups in total. The highest BCUT2D eigenvalue weighted by atomic mass is 16.2. The fourth-order valence-corrected chi connectivity index (χ4v) is 4.61. The average molecular weight is 472 g/mol. The highest BCUT2D eigenvalue weighted by molar-refractivity contribution is 6.26. The number of benzene rings is 3. The highest BCUT2D eigenvalue weighted by Gasteiger charge is 2.35. The molecule has 0 saturated carbocycles. The van der Waals surface area contributed by atoms with Crippen molar-refractivity contribution in [2.45, 2.75) is 59.2 Å². The molecule has 1 aliphatic heterocycles. The Morgan fingerprint density at radius 2 is 1.66 bits per heavy atom. The summed E-state index contributed by atoms with van der Waals surface area (Å²) in [6.45, 7) is 8.07. The molecule has 0 spiro atoms. The van der Waals surface area contributed by atoms with E-state index in [9.17, 15) is 14.4 Å². The van der Waals surface area contributed by atoms with E-state index < -0.39 is 6.04 Å². The first-order valence-corrected chi connectivity index (χ1v) is 12.3. The van der Waals surface area contributed by atoms with E-state index in [1.807, 2.05) is 82.3 Å². The summed E-state index contributed by atoms with van der Waals surface area (Å²) >= 11 is 0. The topological polar surface area (TPSA) is 69.7 Å². The van der Waals surface area contributed by atoms with Crippen LogP contribution in [-0.4, -0.2) is 41.2 Å². The Labute approximate surface area is 206 Å². The van der Waals surface area contributed by atoms with Gasteiger partial charge < -0.3 is 10.2 Å².